The first-order valence-corrected chi connectivity index (χ1v) is 7.56. The van der Waals surface area contributed by atoms with E-state index in [1.807, 2.05) is 24.3 Å². The van der Waals surface area contributed by atoms with Gasteiger partial charge in [-0.1, -0.05) is 12.1 Å². The Hall–Kier alpha value is -1.10. The van der Waals surface area contributed by atoms with Crippen molar-refractivity contribution in [3.05, 3.63) is 35.4 Å². The lowest BCUT2D eigenvalue weighted by Gasteiger charge is -2.26. The molecule has 0 aliphatic carbocycles. The molecule has 1 aromatic carbocycles. The Morgan fingerprint density at radius 3 is 2.90 bits per heavy atom. The van der Waals surface area contributed by atoms with E-state index >= 15 is 0 Å². The van der Waals surface area contributed by atoms with E-state index in [2.05, 4.69) is 10.2 Å². The number of amides is 1. The van der Waals surface area contributed by atoms with Crippen LogP contribution in [0.3, 0.4) is 0 Å². The summed E-state index contributed by atoms with van der Waals surface area (Å²) in [6.07, 6.45) is 0.959. The quantitative estimate of drug-likeness (QED) is 0.644. The monoisotopic (exact) mass is 296 g/mol. The molecule has 1 N–H and O–H groups in total. The van der Waals surface area contributed by atoms with Crippen molar-refractivity contribution in [3.8, 4) is 0 Å². The van der Waals surface area contributed by atoms with Crippen molar-refractivity contribution in [3.63, 3.8) is 0 Å². The Kier molecular flexibility index (Phi) is 6.30. The van der Waals surface area contributed by atoms with Gasteiger partial charge in [0.1, 0.15) is 0 Å². The number of carbonyl (C=O) groups excluding carboxylic acids is 1. The zero-order valence-corrected chi connectivity index (χ0v) is 12.4. The van der Waals surface area contributed by atoms with E-state index in [1.165, 1.54) is 0 Å². The van der Waals surface area contributed by atoms with Crippen molar-refractivity contribution >= 4 is 17.5 Å². The van der Waals surface area contributed by atoms with Crippen LogP contribution in [-0.2, 0) is 10.6 Å². The topological polar surface area (TPSA) is 41.6 Å². The van der Waals surface area contributed by atoms with Crippen molar-refractivity contribution in [1.82, 2.24) is 10.2 Å². The summed E-state index contributed by atoms with van der Waals surface area (Å²) in [7, 11) is 0. The Labute approximate surface area is 125 Å². The van der Waals surface area contributed by atoms with Gasteiger partial charge in [-0.3, -0.25) is 9.69 Å². The van der Waals surface area contributed by atoms with E-state index < -0.39 is 0 Å². The van der Waals surface area contributed by atoms with Gasteiger partial charge in [0.15, 0.2) is 0 Å². The van der Waals surface area contributed by atoms with Crippen LogP contribution < -0.4 is 5.32 Å². The average Bonchev–Trinajstić information content (AvgIpc) is 2.52. The molecule has 4 nitrogen and oxygen atoms in total. The number of ether oxygens (including phenoxy) is 1. The number of rotatable bonds is 6. The number of benzene rings is 1. The number of morpholine rings is 1. The lowest BCUT2D eigenvalue weighted by atomic mass is 10.1. The highest BCUT2D eigenvalue weighted by atomic mass is 35.5. The number of nitrogens with zero attached hydrogens (tertiary/aromatic N) is 1. The van der Waals surface area contributed by atoms with E-state index in [9.17, 15) is 4.79 Å². The summed E-state index contributed by atoms with van der Waals surface area (Å²) >= 11 is 5.77. The van der Waals surface area contributed by atoms with Gasteiger partial charge in [0.25, 0.3) is 5.91 Å². The molecule has 5 heteroatoms. The minimum absolute atomic E-state index is 0.0288. The molecule has 1 aromatic rings. The summed E-state index contributed by atoms with van der Waals surface area (Å²) in [6.45, 7) is 5.32. The van der Waals surface area contributed by atoms with Crippen molar-refractivity contribution in [1.29, 1.82) is 0 Å². The molecule has 0 spiro atoms. The fraction of sp³-hybridized carbons (Fsp3) is 0.533. The SMILES string of the molecule is O=C(NCCCN1CCOCC1)c1cccc(CCl)c1. The maximum Gasteiger partial charge on any atom is 0.251 e. The third-order valence-electron chi connectivity index (χ3n) is 3.38. The zero-order chi connectivity index (χ0) is 14.2. The minimum atomic E-state index is -0.0288. The van der Waals surface area contributed by atoms with E-state index in [4.69, 9.17) is 16.3 Å². The molecule has 110 valence electrons. The first-order chi connectivity index (χ1) is 9.79. The molecule has 0 bridgehead atoms. The molecule has 1 saturated heterocycles. The van der Waals surface area contributed by atoms with Gasteiger partial charge >= 0.3 is 0 Å². The van der Waals surface area contributed by atoms with Crippen LogP contribution >= 0.6 is 11.6 Å². The molecule has 1 amide bonds. The molecule has 0 atom stereocenters. The molecule has 1 aliphatic heterocycles. The lowest BCUT2D eigenvalue weighted by molar-refractivity contribution is 0.0374. The molecular formula is C15H21ClN2O2. The number of alkyl halides is 1. The van der Waals surface area contributed by atoms with Gasteiger partial charge in [-0.2, -0.15) is 0 Å². The number of hydrogen-bond donors (Lipinski definition) is 1. The predicted molar refractivity (Wildman–Crippen MR) is 80.2 cm³/mol. The highest BCUT2D eigenvalue weighted by Gasteiger charge is 2.10. The van der Waals surface area contributed by atoms with Crippen LogP contribution in [0.2, 0.25) is 0 Å². The third-order valence-corrected chi connectivity index (χ3v) is 3.69. The summed E-state index contributed by atoms with van der Waals surface area (Å²) in [5.74, 6) is 0.400. The summed E-state index contributed by atoms with van der Waals surface area (Å²) in [6, 6.07) is 7.43. The first-order valence-electron chi connectivity index (χ1n) is 7.03. The standard InChI is InChI=1S/C15H21ClN2O2/c16-12-13-3-1-4-14(11-13)15(19)17-5-2-6-18-7-9-20-10-8-18/h1,3-4,11H,2,5-10,12H2,(H,17,19). The van der Waals surface area contributed by atoms with Crippen LogP contribution in [0.4, 0.5) is 0 Å². The molecule has 0 radical (unpaired) electrons. The zero-order valence-electron chi connectivity index (χ0n) is 11.6. The van der Waals surface area contributed by atoms with Gasteiger partial charge in [-0.25, -0.2) is 0 Å². The van der Waals surface area contributed by atoms with E-state index in [0.29, 0.717) is 18.0 Å². The summed E-state index contributed by atoms with van der Waals surface area (Å²) in [4.78, 5) is 14.3. The maximum atomic E-state index is 12.0. The van der Waals surface area contributed by atoms with E-state index in [0.717, 1.165) is 44.8 Å². The van der Waals surface area contributed by atoms with Crippen LogP contribution in [0.25, 0.3) is 0 Å². The number of nitrogens with one attached hydrogen (secondary N) is 1. The van der Waals surface area contributed by atoms with Crippen molar-refractivity contribution in [2.45, 2.75) is 12.3 Å². The Bertz CT molecular complexity index is 434. The van der Waals surface area contributed by atoms with Crippen LogP contribution in [-0.4, -0.2) is 50.2 Å². The molecule has 0 aromatic heterocycles. The largest absolute Gasteiger partial charge is 0.379 e. The smallest absolute Gasteiger partial charge is 0.251 e. The second kappa shape index (κ2) is 8.25. The van der Waals surface area contributed by atoms with Gasteiger partial charge in [0, 0.05) is 31.1 Å². The van der Waals surface area contributed by atoms with Crippen LogP contribution in [0.15, 0.2) is 24.3 Å². The van der Waals surface area contributed by atoms with Crippen LogP contribution in [0.5, 0.6) is 0 Å². The predicted octanol–water partition coefficient (Wildman–Crippen LogP) is 1.88. The molecular weight excluding hydrogens is 276 g/mol. The number of halogens is 1. The highest BCUT2D eigenvalue weighted by molar-refractivity contribution is 6.17. The fourth-order valence-corrected chi connectivity index (χ4v) is 2.39. The molecule has 2 rings (SSSR count). The highest BCUT2D eigenvalue weighted by Crippen LogP contribution is 2.07. The van der Waals surface area contributed by atoms with Gasteiger partial charge in [-0.05, 0) is 30.7 Å². The number of hydrogen-bond acceptors (Lipinski definition) is 3. The lowest BCUT2D eigenvalue weighted by Crippen LogP contribution is -2.38. The molecule has 0 unspecified atom stereocenters. The van der Waals surface area contributed by atoms with E-state index in [-0.39, 0.29) is 5.91 Å². The molecule has 0 saturated carbocycles. The molecule has 1 aliphatic rings. The average molecular weight is 297 g/mol. The summed E-state index contributed by atoms with van der Waals surface area (Å²) < 4.78 is 5.30. The summed E-state index contributed by atoms with van der Waals surface area (Å²) in [5.41, 5.74) is 1.64. The van der Waals surface area contributed by atoms with Crippen LogP contribution in [0.1, 0.15) is 22.3 Å². The summed E-state index contributed by atoms with van der Waals surface area (Å²) in [5, 5.41) is 2.95. The second-order valence-corrected chi connectivity index (χ2v) is 5.16. The van der Waals surface area contributed by atoms with Crippen molar-refractivity contribution in [2.24, 2.45) is 0 Å². The van der Waals surface area contributed by atoms with Crippen LogP contribution in [0, 0.1) is 0 Å². The normalized spacial score (nSPS) is 16.1. The van der Waals surface area contributed by atoms with Gasteiger partial charge < -0.3 is 10.1 Å². The Balaban J connectivity index is 1.69. The maximum absolute atomic E-state index is 12.0. The Morgan fingerprint density at radius 1 is 1.35 bits per heavy atom. The third kappa shape index (κ3) is 4.78. The molecule has 1 heterocycles. The molecule has 1 fully saturated rings. The second-order valence-electron chi connectivity index (χ2n) is 4.90. The van der Waals surface area contributed by atoms with Gasteiger partial charge in [-0.15, -0.1) is 11.6 Å². The van der Waals surface area contributed by atoms with Crippen molar-refractivity contribution in [2.75, 3.05) is 39.4 Å². The minimum Gasteiger partial charge on any atom is -0.379 e. The first kappa shape index (κ1) is 15.3. The van der Waals surface area contributed by atoms with Crippen molar-refractivity contribution < 1.29 is 9.53 Å². The van der Waals surface area contributed by atoms with Gasteiger partial charge in [0.05, 0.1) is 13.2 Å². The molecule has 20 heavy (non-hydrogen) atoms. The van der Waals surface area contributed by atoms with E-state index in [1.54, 1.807) is 0 Å². The number of carbonyl (C=O) groups is 1. The fourth-order valence-electron chi connectivity index (χ4n) is 2.23. The Morgan fingerprint density at radius 2 is 2.15 bits per heavy atom. The van der Waals surface area contributed by atoms with Gasteiger partial charge in [0.2, 0.25) is 0 Å².